The summed E-state index contributed by atoms with van der Waals surface area (Å²) in [5, 5.41) is 0. The van der Waals surface area contributed by atoms with Gasteiger partial charge in [-0.3, -0.25) is 4.79 Å². The van der Waals surface area contributed by atoms with E-state index in [1.807, 2.05) is 4.90 Å². The monoisotopic (exact) mass is 275 g/mol. The summed E-state index contributed by atoms with van der Waals surface area (Å²) < 4.78 is 2.32. The average molecular weight is 275 g/mol. The van der Waals surface area contributed by atoms with Gasteiger partial charge in [0.25, 0.3) is 0 Å². The fourth-order valence-electron chi connectivity index (χ4n) is 3.82. The quantitative estimate of drug-likeness (QED) is 0.901. The van der Waals surface area contributed by atoms with Gasteiger partial charge in [0, 0.05) is 36.4 Å². The van der Waals surface area contributed by atoms with Gasteiger partial charge in [-0.05, 0) is 38.8 Å². The minimum absolute atomic E-state index is 0.162. The molecule has 0 bridgehead atoms. The summed E-state index contributed by atoms with van der Waals surface area (Å²) in [7, 11) is 0. The van der Waals surface area contributed by atoms with Crippen LogP contribution in [0.1, 0.15) is 56.5 Å². The maximum absolute atomic E-state index is 12.6. The highest BCUT2D eigenvalue weighted by molar-refractivity contribution is 5.78. The number of nitrogens with zero attached hydrogens (tertiary/aromatic N) is 2. The zero-order valence-corrected chi connectivity index (χ0v) is 12.6. The van der Waals surface area contributed by atoms with E-state index < -0.39 is 0 Å². The van der Waals surface area contributed by atoms with Crippen molar-refractivity contribution in [1.82, 2.24) is 9.47 Å². The van der Waals surface area contributed by atoms with Gasteiger partial charge >= 0.3 is 0 Å². The molecule has 2 aliphatic rings. The van der Waals surface area contributed by atoms with Crippen molar-refractivity contribution in [3.8, 4) is 0 Å². The van der Waals surface area contributed by atoms with E-state index in [4.69, 9.17) is 5.73 Å². The zero-order chi connectivity index (χ0) is 14.3. The number of aromatic nitrogens is 1. The molecule has 1 aromatic rings. The molecule has 1 saturated carbocycles. The number of carbonyl (C=O) groups excluding carboxylic acids is 1. The van der Waals surface area contributed by atoms with Crippen molar-refractivity contribution >= 4 is 5.91 Å². The van der Waals surface area contributed by atoms with Gasteiger partial charge in [0.2, 0.25) is 5.91 Å². The average Bonchev–Trinajstić information content (AvgIpc) is 2.98. The smallest absolute Gasteiger partial charge is 0.225 e. The second kappa shape index (κ2) is 4.92. The zero-order valence-electron chi connectivity index (χ0n) is 12.6. The van der Waals surface area contributed by atoms with Gasteiger partial charge in [-0.2, -0.15) is 0 Å². The van der Waals surface area contributed by atoms with E-state index in [0.717, 1.165) is 25.9 Å². The van der Waals surface area contributed by atoms with Crippen molar-refractivity contribution in [3.05, 3.63) is 23.5 Å². The van der Waals surface area contributed by atoms with Crippen molar-refractivity contribution in [3.63, 3.8) is 0 Å². The molecule has 0 saturated heterocycles. The number of fused-ring (bicyclic) bond motifs is 1. The fourth-order valence-corrected chi connectivity index (χ4v) is 3.82. The first kappa shape index (κ1) is 13.7. The van der Waals surface area contributed by atoms with Gasteiger partial charge in [0.15, 0.2) is 0 Å². The van der Waals surface area contributed by atoms with Crippen molar-refractivity contribution in [2.75, 3.05) is 6.54 Å². The highest BCUT2D eigenvalue weighted by atomic mass is 16.2. The fraction of sp³-hybridized carbons (Fsp3) is 0.688. The van der Waals surface area contributed by atoms with Crippen LogP contribution in [0.4, 0.5) is 0 Å². The van der Waals surface area contributed by atoms with Crippen molar-refractivity contribution in [2.45, 2.75) is 64.1 Å². The first-order valence-electron chi connectivity index (χ1n) is 7.75. The van der Waals surface area contributed by atoms with Crippen LogP contribution in [0.3, 0.4) is 0 Å². The van der Waals surface area contributed by atoms with E-state index in [1.54, 1.807) is 0 Å². The third kappa shape index (κ3) is 2.26. The Labute approximate surface area is 120 Å². The summed E-state index contributed by atoms with van der Waals surface area (Å²) in [6, 6.07) is 4.45. The lowest BCUT2D eigenvalue weighted by molar-refractivity contribution is -0.135. The van der Waals surface area contributed by atoms with Gasteiger partial charge in [-0.25, -0.2) is 0 Å². The SMILES string of the molecule is Cc1ccc2n1CCN(C(=O)CC1(N)CCCC1)C2C. The van der Waals surface area contributed by atoms with Crippen LogP contribution >= 0.6 is 0 Å². The number of carbonyl (C=O) groups is 1. The van der Waals surface area contributed by atoms with Gasteiger partial charge in [-0.15, -0.1) is 0 Å². The van der Waals surface area contributed by atoms with Crippen molar-refractivity contribution in [1.29, 1.82) is 0 Å². The molecule has 2 heterocycles. The van der Waals surface area contributed by atoms with E-state index in [2.05, 4.69) is 30.5 Å². The molecule has 2 N–H and O–H groups in total. The topological polar surface area (TPSA) is 51.3 Å². The Balaban J connectivity index is 1.73. The Hall–Kier alpha value is -1.29. The largest absolute Gasteiger partial charge is 0.345 e. The summed E-state index contributed by atoms with van der Waals surface area (Å²) in [4.78, 5) is 14.6. The Morgan fingerprint density at radius 1 is 1.35 bits per heavy atom. The molecule has 1 aromatic heterocycles. The van der Waals surface area contributed by atoms with Crippen LogP contribution < -0.4 is 5.73 Å². The van der Waals surface area contributed by atoms with E-state index >= 15 is 0 Å². The molecule has 1 aliphatic carbocycles. The third-order valence-corrected chi connectivity index (χ3v) is 5.12. The number of hydrogen-bond acceptors (Lipinski definition) is 2. The summed E-state index contributed by atoms with van der Waals surface area (Å²) in [6.45, 7) is 5.96. The summed E-state index contributed by atoms with van der Waals surface area (Å²) in [6.07, 6.45) is 4.84. The van der Waals surface area contributed by atoms with Crippen LogP contribution in [0.5, 0.6) is 0 Å². The standard InChI is InChI=1S/C16H25N3O/c1-12-5-6-14-13(2)19(10-9-18(12)14)15(20)11-16(17)7-3-4-8-16/h5-6,13H,3-4,7-11,17H2,1-2H3. The first-order chi connectivity index (χ1) is 9.50. The molecule has 0 spiro atoms. The van der Waals surface area contributed by atoms with E-state index in [0.29, 0.717) is 6.42 Å². The highest BCUT2D eigenvalue weighted by Gasteiger charge is 2.36. The van der Waals surface area contributed by atoms with Crippen molar-refractivity contribution < 1.29 is 4.79 Å². The molecule has 1 fully saturated rings. The predicted octanol–water partition coefficient (Wildman–Crippen LogP) is 2.36. The summed E-state index contributed by atoms with van der Waals surface area (Å²) in [5.74, 6) is 0.229. The lowest BCUT2D eigenvalue weighted by Gasteiger charge is -2.37. The van der Waals surface area contributed by atoms with Crippen LogP contribution in [0.25, 0.3) is 0 Å². The number of hydrogen-bond donors (Lipinski definition) is 1. The molecule has 1 atom stereocenters. The van der Waals surface area contributed by atoms with E-state index in [1.165, 1.54) is 24.2 Å². The van der Waals surface area contributed by atoms with E-state index in [-0.39, 0.29) is 17.5 Å². The summed E-state index contributed by atoms with van der Waals surface area (Å²) >= 11 is 0. The lowest BCUT2D eigenvalue weighted by Crippen LogP contribution is -2.47. The van der Waals surface area contributed by atoms with Gasteiger partial charge in [0.05, 0.1) is 6.04 Å². The second-order valence-corrected chi connectivity index (χ2v) is 6.56. The van der Waals surface area contributed by atoms with Gasteiger partial charge in [0.1, 0.15) is 0 Å². The predicted molar refractivity (Wildman–Crippen MR) is 79.3 cm³/mol. The molecule has 4 nitrogen and oxygen atoms in total. The Kier molecular flexibility index (Phi) is 3.36. The molecular weight excluding hydrogens is 250 g/mol. The number of aryl methyl sites for hydroxylation is 1. The molecule has 0 aromatic carbocycles. The Morgan fingerprint density at radius 3 is 2.75 bits per heavy atom. The minimum atomic E-state index is -0.244. The molecule has 1 unspecified atom stereocenters. The second-order valence-electron chi connectivity index (χ2n) is 6.56. The lowest BCUT2D eigenvalue weighted by atomic mass is 9.93. The number of nitrogens with two attached hydrogens (primary N) is 1. The molecule has 20 heavy (non-hydrogen) atoms. The van der Waals surface area contributed by atoms with Crippen LogP contribution in [0, 0.1) is 6.92 Å². The molecule has 110 valence electrons. The first-order valence-corrected chi connectivity index (χ1v) is 7.75. The highest BCUT2D eigenvalue weighted by Crippen LogP contribution is 2.33. The molecule has 3 rings (SSSR count). The maximum Gasteiger partial charge on any atom is 0.225 e. The molecule has 0 radical (unpaired) electrons. The van der Waals surface area contributed by atoms with Crippen LogP contribution in [-0.4, -0.2) is 27.5 Å². The maximum atomic E-state index is 12.6. The number of amides is 1. The van der Waals surface area contributed by atoms with Gasteiger partial charge < -0.3 is 15.2 Å². The van der Waals surface area contributed by atoms with Crippen LogP contribution in [0.15, 0.2) is 12.1 Å². The molecule has 4 heteroatoms. The Morgan fingerprint density at radius 2 is 2.05 bits per heavy atom. The minimum Gasteiger partial charge on any atom is -0.345 e. The van der Waals surface area contributed by atoms with Gasteiger partial charge in [-0.1, -0.05) is 12.8 Å². The van der Waals surface area contributed by atoms with Crippen LogP contribution in [-0.2, 0) is 11.3 Å². The van der Waals surface area contributed by atoms with E-state index in [9.17, 15) is 4.79 Å². The summed E-state index contributed by atoms with van der Waals surface area (Å²) in [5.41, 5.74) is 8.65. The normalized spacial score (nSPS) is 24.8. The Bertz CT molecular complexity index is 514. The van der Waals surface area contributed by atoms with Crippen LogP contribution in [0.2, 0.25) is 0 Å². The third-order valence-electron chi connectivity index (χ3n) is 5.12. The molecule has 1 amide bonds. The number of rotatable bonds is 2. The molecule has 1 aliphatic heterocycles. The molecular formula is C16H25N3O. The van der Waals surface area contributed by atoms with Crippen molar-refractivity contribution in [2.24, 2.45) is 5.73 Å².